The van der Waals surface area contributed by atoms with E-state index in [4.69, 9.17) is 0 Å². The van der Waals surface area contributed by atoms with E-state index in [-0.39, 0.29) is 6.10 Å². The Morgan fingerprint density at radius 3 is 2.38 bits per heavy atom. The summed E-state index contributed by atoms with van der Waals surface area (Å²) >= 11 is 0. The number of hydrogen-bond acceptors (Lipinski definition) is 2. The van der Waals surface area contributed by atoms with Crippen molar-refractivity contribution >= 4 is 0 Å². The summed E-state index contributed by atoms with van der Waals surface area (Å²) in [5.74, 6) is 0.754. The Labute approximate surface area is 80.7 Å². The van der Waals surface area contributed by atoms with Gasteiger partial charge < -0.3 is 10.4 Å². The monoisotopic (exact) mass is 183 g/mol. The summed E-state index contributed by atoms with van der Waals surface area (Å²) in [5.41, 5.74) is 0. The maximum Gasteiger partial charge on any atom is 0.0696 e. The van der Waals surface area contributed by atoms with Gasteiger partial charge in [-0.25, -0.2) is 0 Å². The van der Waals surface area contributed by atoms with Crippen molar-refractivity contribution < 1.29 is 5.11 Å². The highest BCUT2D eigenvalue weighted by molar-refractivity contribution is 4.87. The average Bonchev–Trinajstić information content (AvgIpc) is 2.20. The van der Waals surface area contributed by atoms with Crippen LogP contribution in [0.3, 0.4) is 0 Å². The highest BCUT2D eigenvalue weighted by atomic mass is 16.3. The predicted molar refractivity (Wildman–Crippen MR) is 53.6 cm³/mol. The molecule has 2 rings (SSSR count). The van der Waals surface area contributed by atoms with Gasteiger partial charge in [-0.2, -0.15) is 0 Å². The zero-order valence-electron chi connectivity index (χ0n) is 8.34. The van der Waals surface area contributed by atoms with Gasteiger partial charge in [0.05, 0.1) is 6.10 Å². The van der Waals surface area contributed by atoms with Crippen LogP contribution >= 0.6 is 0 Å². The first-order chi connectivity index (χ1) is 6.38. The molecule has 1 heterocycles. The number of rotatable bonds is 1. The van der Waals surface area contributed by atoms with Crippen molar-refractivity contribution in [3.05, 3.63) is 0 Å². The molecule has 2 unspecified atom stereocenters. The Morgan fingerprint density at radius 1 is 0.923 bits per heavy atom. The molecule has 1 aliphatic carbocycles. The molecule has 0 aromatic rings. The Hall–Kier alpha value is -0.0800. The maximum atomic E-state index is 9.86. The third-order valence-corrected chi connectivity index (χ3v) is 3.63. The van der Waals surface area contributed by atoms with Crippen LogP contribution in [0.1, 0.15) is 44.9 Å². The van der Waals surface area contributed by atoms with Crippen LogP contribution in [0.5, 0.6) is 0 Å². The van der Waals surface area contributed by atoms with E-state index < -0.39 is 0 Å². The molecular weight excluding hydrogens is 162 g/mol. The third-order valence-electron chi connectivity index (χ3n) is 3.63. The number of piperidine rings is 1. The van der Waals surface area contributed by atoms with Gasteiger partial charge in [-0.1, -0.05) is 19.3 Å². The summed E-state index contributed by atoms with van der Waals surface area (Å²) in [6, 6.07) is 0.411. The first-order valence-electron chi connectivity index (χ1n) is 5.79. The van der Waals surface area contributed by atoms with Crippen LogP contribution in [0.2, 0.25) is 0 Å². The molecule has 2 atom stereocenters. The lowest BCUT2D eigenvalue weighted by molar-refractivity contribution is 0.0573. The van der Waals surface area contributed by atoms with Gasteiger partial charge >= 0.3 is 0 Å². The topological polar surface area (TPSA) is 32.3 Å². The van der Waals surface area contributed by atoms with Crippen molar-refractivity contribution in [3.63, 3.8) is 0 Å². The van der Waals surface area contributed by atoms with Gasteiger partial charge in [-0.15, -0.1) is 0 Å². The van der Waals surface area contributed by atoms with E-state index in [9.17, 15) is 5.11 Å². The smallest absolute Gasteiger partial charge is 0.0696 e. The van der Waals surface area contributed by atoms with Crippen LogP contribution in [0, 0.1) is 5.92 Å². The quantitative estimate of drug-likeness (QED) is 0.648. The zero-order valence-corrected chi connectivity index (χ0v) is 8.34. The molecule has 2 fully saturated rings. The van der Waals surface area contributed by atoms with Crippen LogP contribution in [0.25, 0.3) is 0 Å². The third kappa shape index (κ3) is 2.23. The largest absolute Gasteiger partial charge is 0.391 e. The van der Waals surface area contributed by atoms with E-state index in [1.165, 1.54) is 32.1 Å². The lowest BCUT2D eigenvalue weighted by atomic mass is 9.80. The fraction of sp³-hybridized carbons (Fsp3) is 1.00. The minimum atomic E-state index is -0.0724. The number of aliphatic hydroxyl groups is 1. The Balaban J connectivity index is 1.88. The van der Waals surface area contributed by atoms with Crippen molar-refractivity contribution in [3.8, 4) is 0 Å². The van der Waals surface area contributed by atoms with Gasteiger partial charge in [-0.05, 0) is 38.1 Å². The highest BCUT2D eigenvalue weighted by Crippen LogP contribution is 2.29. The van der Waals surface area contributed by atoms with Crippen LogP contribution in [0.15, 0.2) is 0 Å². The second kappa shape index (κ2) is 4.43. The number of nitrogens with one attached hydrogen (secondary N) is 1. The van der Waals surface area contributed by atoms with Gasteiger partial charge in [0, 0.05) is 6.04 Å². The molecule has 76 valence electrons. The first-order valence-corrected chi connectivity index (χ1v) is 5.79. The van der Waals surface area contributed by atoms with E-state index in [0.717, 1.165) is 25.3 Å². The van der Waals surface area contributed by atoms with E-state index in [2.05, 4.69) is 5.32 Å². The van der Waals surface area contributed by atoms with E-state index >= 15 is 0 Å². The van der Waals surface area contributed by atoms with Gasteiger partial charge in [0.2, 0.25) is 0 Å². The minimum absolute atomic E-state index is 0.0724. The maximum absolute atomic E-state index is 9.86. The molecule has 1 saturated heterocycles. The summed E-state index contributed by atoms with van der Waals surface area (Å²) in [6.07, 6.45) is 8.88. The molecule has 0 aromatic carbocycles. The van der Waals surface area contributed by atoms with Crippen molar-refractivity contribution in [2.75, 3.05) is 6.54 Å². The van der Waals surface area contributed by atoms with Gasteiger partial charge in [0.25, 0.3) is 0 Å². The average molecular weight is 183 g/mol. The summed E-state index contributed by atoms with van der Waals surface area (Å²) in [6.45, 7) is 1.11. The van der Waals surface area contributed by atoms with Crippen LogP contribution in [0.4, 0.5) is 0 Å². The van der Waals surface area contributed by atoms with E-state index in [1.54, 1.807) is 0 Å². The molecule has 2 aliphatic rings. The molecule has 0 bridgehead atoms. The van der Waals surface area contributed by atoms with Gasteiger partial charge in [0.15, 0.2) is 0 Å². The van der Waals surface area contributed by atoms with Crippen molar-refractivity contribution in [1.29, 1.82) is 0 Å². The Kier molecular flexibility index (Phi) is 3.23. The summed E-state index contributed by atoms with van der Waals surface area (Å²) in [4.78, 5) is 0. The standard InChI is InChI=1S/C11H21NO/c13-10-7-4-8-12-11(10)9-5-2-1-3-6-9/h9-13H,1-8H2. The lowest BCUT2D eigenvalue weighted by Crippen LogP contribution is -2.49. The van der Waals surface area contributed by atoms with Crippen LogP contribution in [-0.4, -0.2) is 23.8 Å². The second-order valence-electron chi connectivity index (χ2n) is 4.59. The predicted octanol–water partition coefficient (Wildman–Crippen LogP) is 1.68. The molecule has 2 N–H and O–H groups in total. The highest BCUT2D eigenvalue weighted by Gasteiger charge is 2.30. The Morgan fingerprint density at radius 2 is 1.69 bits per heavy atom. The van der Waals surface area contributed by atoms with Crippen molar-refractivity contribution in [2.24, 2.45) is 5.92 Å². The minimum Gasteiger partial charge on any atom is -0.391 e. The molecule has 1 saturated carbocycles. The number of hydrogen-bond donors (Lipinski definition) is 2. The summed E-state index contributed by atoms with van der Waals surface area (Å²) in [5, 5.41) is 13.3. The van der Waals surface area contributed by atoms with Gasteiger partial charge in [-0.3, -0.25) is 0 Å². The molecule has 0 aromatic heterocycles. The summed E-state index contributed by atoms with van der Waals surface area (Å²) < 4.78 is 0. The molecule has 2 nitrogen and oxygen atoms in total. The van der Waals surface area contributed by atoms with Crippen LogP contribution < -0.4 is 5.32 Å². The SMILES string of the molecule is OC1CCCNC1C1CCCCC1. The first kappa shape index (κ1) is 9.47. The molecule has 0 amide bonds. The zero-order chi connectivity index (χ0) is 9.10. The van der Waals surface area contributed by atoms with E-state index in [1.807, 2.05) is 0 Å². The normalized spacial score (nSPS) is 37.6. The molecular formula is C11H21NO. The number of aliphatic hydroxyl groups excluding tert-OH is 1. The summed E-state index contributed by atoms with van der Waals surface area (Å²) in [7, 11) is 0. The van der Waals surface area contributed by atoms with Crippen molar-refractivity contribution in [2.45, 2.75) is 57.1 Å². The van der Waals surface area contributed by atoms with Gasteiger partial charge in [0.1, 0.15) is 0 Å². The molecule has 0 radical (unpaired) electrons. The van der Waals surface area contributed by atoms with Crippen molar-refractivity contribution in [1.82, 2.24) is 5.32 Å². The lowest BCUT2D eigenvalue weighted by Gasteiger charge is -2.37. The molecule has 2 heteroatoms. The van der Waals surface area contributed by atoms with Crippen LogP contribution in [-0.2, 0) is 0 Å². The van der Waals surface area contributed by atoms with E-state index in [0.29, 0.717) is 6.04 Å². The molecule has 0 spiro atoms. The fourth-order valence-electron chi connectivity index (χ4n) is 2.87. The Bertz CT molecular complexity index is 154. The molecule has 13 heavy (non-hydrogen) atoms. The second-order valence-corrected chi connectivity index (χ2v) is 4.59. The fourth-order valence-corrected chi connectivity index (χ4v) is 2.87. The molecule has 1 aliphatic heterocycles.